The van der Waals surface area contributed by atoms with Crippen LogP contribution < -0.4 is 10.1 Å². The second-order valence-electron chi connectivity index (χ2n) is 5.23. The Hall–Kier alpha value is -1.75. The molecule has 1 aromatic carbocycles. The molecule has 0 bridgehead atoms. The van der Waals surface area contributed by atoms with Crippen molar-refractivity contribution >= 4 is 28.5 Å². The maximum absolute atomic E-state index is 12.3. The Morgan fingerprint density at radius 1 is 1.43 bits per heavy atom. The summed E-state index contributed by atoms with van der Waals surface area (Å²) in [5.74, 6) is 1.59. The van der Waals surface area contributed by atoms with Crippen LogP contribution >= 0.6 is 11.6 Å². The van der Waals surface area contributed by atoms with Crippen LogP contribution in [0.1, 0.15) is 32.6 Å². The van der Waals surface area contributed by atoms with Crippen molar-refractivity contribution in [2.75, 3.05) is 7.11 Å². The van der Waals surface area contributed by atoms with Gasteiger partial charge in [0.25, 0.3) is 0 Å². The lowest BCUT2D eigenvalue weighted by atomic mass is 10.2. The summed E-state index contributed by atoms with van der Waals surface area (Å²) in [5.41, 5.74) is 1.65. The first kappa shape index (κ1) is 15.6. The zero-order valence-electron chi connectivity index (χ0n) is 12.7. The fourth-order valence-corrected chi connectivity index (χ4v) is 2.49. The number of alkyl halides is 1. The number of carbonyl (C=O) groups excluding carboxylic acids is 1. The van der Waals surface area contributed by atoms with Gasteiger partial charge in [0.05, 0.1) is 24.0 Å². The molecule has 2 rings (SSSR count). The number of rotatable bonds is 5. The van der Waals surface area contributed by atoms with Gasteiger partial charge in [0, 0.05) is 12.1 Å². The Balaban J connectivity index is 2.51. The minimum atomic E-state index is -0.391. The first-order valence-corrected chi connectivity index (χ1v) is 7.42. The Morgan fingerprint density at radius 3 is 2.71 bits per heavy atom. The van der Waals surface area contributed by atoms with Gasteiger partial charge in [-0.3, -0.25) is 4.79 Å². The van der Waals surface area contributed by atoms with E-state index in [0.29, 0.717) is 5.82 Å². The number of hydrogen-bond donors (Lipinski definition) is 1. The second-order valence-corrected chi connectivity index (χ2v) is 5.49. The number of carbonyl (C=O) groups is 1. The minimum Gasteiger partial charge on any atom is -0.497 e. The molecular formula is C15H20ClN3O2. The lowest BCUT2D eigenvalue weighted by Crippen LogP contribution is -2.36. The van der Waals surface area contributed by atoms with Crippen molar-refractivity contribution in [1.82, 2.24) is 14.9 Å². The van der Waals surface area contributed by atoms with Gasteiger partial charge in [0.1, 0.15) is 17.6 Å². The number of ether oxygens (including phenoxy) is 1. The number of halogens is 1. The van der Waals surface area contributed by atoms with E-state index in [1.54, 1.807) is 7.11 Å². The van der Waals surface area contributed by atoms with Gasteiger partial charge in [0.2, 0.25) is 5.91 Å². The minimum absolute atomic E-state index is 0.0570. The summed E-state index contributed by atoms with van der Waals surface area (Å²) in [6.07, 6.45) is 0. The molecule has 0 saturated carbocycles. The molecule has 1 aromatic heterocycles. The highest BCUT2D eigenvalue weighted by Gasteiger charge is 2.21. The number of imidazole rings is 1. The standard InChI is InChI=1S/C15H20ClN3O2/c1-9(2)17-15(20)10(3)19-13-7-11(21-4)5-6-12(13)18-14(19)8-16/h5-7,9-10H,8H2,1-4H3,(H,17,20). The van der Waals surface area contributed by atoms with Crippen LogP contribution in [0.15, 0.2) is 18.2 Å². The molecule has 0 saturated heterocycles. The van der Waals surface area contributed by atoms with Crippen LogP contribution in [0.5, 0.6) is 5.75 Å². The number of methoxy groups -OCH3 is 1. The van der Waals surface area contributed by atoms with Crippen LogP contribution in [0.3, 0.4) is 0 Å². The molecule has 6 heteroatoms. The lowest BCUT2D eigenvalue weighted by Gasteiger charge is -2.18. The number of aromatic nitrogens is 2. The molecule has 1 N–H and O–H groups in total. The average molecular weight is 310 g/mol. The topological polar surface area (TPSA) is 56.2 Å². The van der Waals surface area contributed by atoms with Gasteiger partial charge in [-0.2, -0.15) is 0 Å². The number of benzene rings is 1. The molecule has 0 radical (unpaired) electrons. The molecule has 21 heavy (non-hydrogen) atoms. The SMILES string of the molecule is COc1ccc2nc(CCl)n(C(C)C(=O)NC(C)C)c2c1. The van der Waals surface area contributed by atoms with Crippen molar-refractivity contribution in [3.8, 4) is 5.75 Å². The van der Waals surface area contributed by atoms with Crippen LogP contribution in [0, 0.1) is 0 Å². The van der Waals surface area contributed by atoms with Gasteiger partial charge in [-0.1, -0.05) is 0 Å². The molecule has 0 aliphatic heterocycles. The molecule has 1 amide bonds. The third kappa shape index (κ3) is 3.13. The first-order chi connectivity index (χ1) is 9.97. The van der Waals surface area contributed by atoms with Gasteiger partial charge in [0.15, 0.2) is 0 Å². The summed E-state index contributed by atoms with van der Waals surface area (Å²) in [5, 5.41) is 2.91. The largest absolute Gasteiger partial charge is 0.497 e. The Bertz CT molecular complexity index is 652. The van der Waals surface area contributed by atoms with E-state index in [0.717, 1.165) is 16.8 Å². The zero-order chi connectivity index (χ0) is 15.6. The molecule has 0 aliphatic rings. The predicted octanol–water partition coefficient (Wildman–Crippen LogP) is 2.87. The van der Waals surface area contributed by atoms with Crippen molar-refractivity contribution in [2.45, 2.75) is 38.7 Å². The summed E-state index contributed by atoms with van der Waals surface area (Å²) in [7, 11) is 1.61. The molecule has 0 aliphatic carbocycles. The molecule has 114 valence electrons. The third-order valence-electron chi connectivity index (χ3n) is 3.29. The van der Waals surface area contributed by atoms with Gasteiger partial charge in [-0.15, -0.1) is 11.6 Å². The number of fused-ring (bicyclic) bond motifs is 1. The van der Waals surface area contributed by atoms with Gasteiger partial charge in [-0.05, 0) is 32.9 Å². The van der Waals surface area contributed by atoms with E-state index in [1.807, 2.05) is 43.5 Å². The maximum Gasteiger partial charge on any atom is 0.243 e. The second kappa shape index (κ2) is 6.35. The van der Waals surface area contributed by atoms with E-state index < -0.39 is 6.04 Å². The van der Waals surface area contributed by atoms with E-state index in [-0.39, 0.29) is 17.8 Å². The molecule has 0 fully saturated rings. The maximum atomic E-state index is 12.3. The van der Waals surface area contributed by atoms with E-state index in [2.05, 4.69) is 10.3 Å². The average Bonchev–Trinajstić information content (AvgIpc) is 2.82. The van der Waals surface area contributed by atoms with Crippen molar-refractivity contribution < 1.29 is 9.53 Å². The predicted molar refractivity (Wildman–Crippen MR) is 83.8 cm³/mol. The van der Waals surface area contributed by atoms with Gasteiger partial charge < -0.3 is 14.6 Å². The Morgan fingerprint density at radius 2 is 2.14 bits per heavy atom. The summed E-state index contributed by atoms with van der Waals surface area (Å²) in [6.45, 7) is 5.71. The molecule has 1 unspecified atom stereocenters. The van der Waals surface area contributed by atoms with Gasteiger partial charge in [-0.25, -0.2) is 4.98 Å². The Labute approximate surface area is 129 Å². The summed E-state index contributed by atoms with van der Waals surface area (Å²) in [6, 6.07) is 5.28. The van der Waals surface area contributed by atoms with E-state index in [9.17, 15) is 4.79 Å². The van der Waals surface area contributed by atoms with Crippen LogP contribution in [0.25, 0.3) is 11.0 Å². The molecule has 0 spiro atoms. The first-order valence-electron chi connectivity index (χ1n) is 6.89. The van der Waals surface area contributed by atoms with Crippen molar-refractivity contribution in [1.29, 1.82) is 0 Å². The van der Waals surface area contributed by atoms with Gasteiger partial charge >= 0.3 is 0 Å². The third-order valence-corrected chi connectivity index (χ3v) is 3.53. The normalized spacial score (nSPS) is 12.7. The molecule has 5 nitrogen and oxygen atoms in total. The quantitative estimate of drug-likeness (QED) is 0.864. The monoisotopic (exact) mass is 309 g/mol. The van der Waals surface area contributed by atoms with Crippen molar-refractivity contribution in [3.63, 3.8) is 0 Å². The van der Waals surface area contributed by atoms with Crippen molar-refractivity contribution in [2.24, 2.45) is 0 Å². The number of nitrogens with one attached hydrogen (secondary N) is 1. The van der Waals surface area contributed by atoms with E-state index in [4.69, 9.17) is 16.3 Å². The smallest absolute Gasteiger partial charge is 0.243 e. The molecule has 1 atom stereocenters. The van der Waals surface area contributed by atoms with Crippen molar-refractivity contribution in [3.05, 3.63) is 24.0 Å². The van der Waals surface area contributed by atoms with Crippen LogP contribution in [0.4, 0.5) is 0 Å². The summed E-state index contributed by atoms with van der Waals surface area (Å²) >= 11 is 5.99. The lowest BCUT2D eigenvalue weighted by molar-refractivity contribution is -0.124. The zero-order valence-corrected chi connectivity index (χ0v) is 13.4. The fourth-order valence-electron chi connectivity index (χ4n) is 2.30. The highest BCUT2D eigenvalue weighted by Crippen LogP contribution is 2.26. The number of nitrogens with zero attached hydrogens (tertiary/aromatic N) is 2. The summed E-state index contributed by atoms with van der Waals surface area (Å²) in [4.78, 5) is 16.8. The molecule has 2 aromatic rings. The molecule has 1 heterocycles. The van der Waals surface area contributed by atoms with E-state index in [1.165, 1.54) is 0 Å². The fraction of sp³-hybridized carbons (Fsp3) is 0.467. The highest BCUT2D eigenvalue weighted by atomic mass is 35.5. The highest BCUT2D eigenvalue weighted by molar-refractivity contribution is 6.17. The summed E-state index contributed by atoms with van der Waals surface area (Å²) < 4.78 is 7.11. The van der Waals surface area contributed by atoms with E-state index >= 15 is 0 Å². The Kier molecular flexibility index (Phi) is 4.73. The molecular weight excluding hydrogens is 290 g/mol. The number of hydrogen-bond acceptors (Lipinski definition) is 3. The van der Waals surface area contributed by atoms with Crippen LogP contribution in [-0.2, 0) is 10.7 Å². The number of amides is 1. The van der Waals surface area contributed by atoms with Crippen LogP contribution in [0.2, 0.25) is 0 Å². The van der Waals surface area contributed by atoms with Crippen LogP contribution in [-0.4, -0.2) is 28.6 Å².